The number of aliphatic hydroxyl groups excluding tert-OH is 1. The number of fused-ring (bicyclic) bond motifs is 1. The minimum atomic E-state index is -0.940. The molecule has 2 aliphatic heterocycles. The molecule has 1 N–H and O–H groups in total. The molecule has 1 aromatic heterocycles. The molecule has 2 aliphatic rings. The lowest BCUT2D eigenvalue weighted by atomic mass is 9.95. The van der Waals surface area contributed by atoms with Gasteiger partial charge in [-0.15, -0.1) is 0 Å². The van der Waals surface area contributed by atoms with Gasteiger partial charge in [0.1, 0.15) is 11.5 Å². The SMILES string of the molecule is CCCOC(=O)c1cccc(N2C(=O)C(=O)/C(=C(\O)c3ccc4c(c3)CCO4)C2c2cccnc2)c1. The molecular formula is C28H24N2O6. The number of rotatable bonds is 6. The highest BCUT2D eigenvalue weighted by Gasteiger charge is 2.47. The molecule has 1 unspecified atom stereocenters. The van der Waals surface area contributed by atoms with Crippen molar-refractivity contribution >= 4 is 29.1 Å². The number of pyridine rings is 1. The summed E-state index contributed by atoms with van der Waals surface area (Å²) in [4.78, 5) is 44.6. The van der Waals surface area contributed by atoms with E-state index in [1.54, 1.807) is 60.9 Å². The average Bonchev–Trinajstić information content (AvgIpc) is 3.49. The number of hydrogen-bond acceptors (Lipinski definition) is 7. The molecule has 2 aromatic carbocycles. The minimum Gasteiger partial charge on any atom is -0.507 e. The van der Waals surface area contributed by atoms with Gasteiger partial charge in [0.25, 0.3) is 11.7 Å². The van der Waals surface area contributed by atoms with E-state index in [1.165, 1.54) is 11.0 Å². The van der Waals surface area contributed by atoms with E-state index in [4.69, 9.17) is 9.47 Å². The first-order valence-electron chi connectivity index (χ1n) is 11.7. The van der Waals surface area contributed by atoms with Gasteiger partial charge in [-0.2, -0.15) is 0 Å². The number of carbonyl (C=O) groups excluding carboxylic acids is 3. The van der Waals surface area contributed by atoms with Crippen LogP contribution in [0.4, 0.5) is 5.69 Å². The Balaban J connectivity index is 1.63. The number of ketones is 1. The fourth-order valence-electron chi connectivity index (χ4n) is 4.50. The summed E-state index contributed by atoms with van der Waals surface area (Å²) < 4.78 is 10.8. The number of ether oxygens (including phenoxy) is 2. The molecule has 8 nitrogen and oxygen atoms in total. The third-order valence-electron chi connectivity index (χ3n) is 6.20. The van der Waals surface area contributed by atoms with Gasteiger partial charge < -0.3 is 14.6 Å². The van der Waals surface area contributed by atoms with Crippen LogP contribution in [0.3, 0.4) is 0 Å². The van der Waals surface area contributed by atoms with E-state index in [1.807, 2.05) is 6.92 Å². The maximum absolute atomic E-state index is 13.4. The molecule has 1 atom stereocenters. The Morgan fingerprint density at radius 2 is 2.00 bits per heavy atom. The summed E-state index contributed by atoms with van der Waals surface area (Å²) in [6.45, 7) is 2.72. The van der Waals surface area contributed by atoms with E-state index in [0.29, 0.717) is 36.3 Å². The van der Waals surface area contributed by atoms with Crippen LogP contribution in [0.25, 0.3) is 5.76 Å². The number of amides is 1. The smallest absolute Gasteiger partial charge is 0.338 e. The molecule has 0 bridgehead atoms. The van der Waals surface area contributed by atoms with E-state index in [-0.39, 0.29) is 23.5 Å². The number of hydrogen-bond donors (Lipinski definition) is 1. The lowest BCUT2D eigenvalue weighted by Gasteiger charge is -2.25. The van der Waals surface area contributed by atoms with Crippen molar-refractivity contribution in [2.75, 3.05) is 18.1 Å². The number of benzene rings is 2. The van der Waals surface area contributed by atoms with Gasteiger partial charge in [0, 0.05) is 30.1 Å². The van der Waals surface area contributed by atoms with Crippen molar-refractivity contribution in [2.45, 2.75) is 25.8 Å². The van der Waals surface area contributed by atoms with Crippen molar-refractivity contribution in [2.24, 2.45) is 0 Å². The lowest BCUT2D eigenvalue weighted by Crippen LogP contribution is -2.29. The Labute approximate surface area is 207 Å². The van der Waals surface area contributed by atoms with Crippen molar-refractivity contribution in [3.63, 3.8) is 0 Å². The van der Waals surface area contributed by atoms with Crippen molar-refractivity contribution in [3.8, 4) is 5.75 Å². The third-order valence-corrected chi connectivity index (χ3v) is 6.20. The van der Waals surface area contributed by atoms with E-state index in [2.05, 4.69) is 4.98 Å². The van der Waals surface area contributed by atoms with Gasteiger partial charge in [-0.05, 0) is 60.0 Å². The number of carbonyl (C=O) groups is 3. The zero-order valence-electron chi connectivity index (χ0n) is 19.6. The Morgan fingerprint density at radius 1 is 1.14 bits per heavy atom. The molecule has 5 rings (SSSR count). The van der Waals surface area contributed by atoms with E-state index in [9.17, 15) is 19.5 Å². The molecule has 0 aliphatic carbocycles. The van der Waals surface area contributed by atoms with Crippen LogP contribution in [0.1, 0.15) is 46.4 Å². The monoisotopic (exact) mass is 484 g/mol. The molecule has 0 saturated carbocycles. The standard InChI is InChI=1S/C28H24N2O6/c1-2-12-36-28(34)19-5-3-7-21(15-19)30-24(20-6-4-11-29-16-20)23(26(32)27(30)33)25(31)18-8-9-22-17(14-18)10-13-35-22/h3-9,11,14-16,24,31H,2,10,12-13H2,1H3/b25-23-. The predicted octanol–water partition coefficient (Wildman–Crippen LogP) is 4.21. The highest BCUT2D eigenvalue weighted by molar-refractivity contribution is 6.51. The molecule has 36 heavy (non-hydrogen) atoms. The number of esters is 1. The van der Waals surface area contributed by atoms with Crippen LogP contribution in [0.2, 0.25) is 0 Å². The molecule has 3 heterocycles. The van der Waals surface area contributed by atoms with E-state index in [0.717, 1.165) is 11.3 Å². The molecule has 0 radical (unpaired) electrons. The Bertz CT molecular complexity index is 1380. The number of anilines is 1. The highest BCUT2D eigenvalue weighted by Crippen LogP contribution is 2.42. The first-order chi connectivity index (χ1) is 17.5. The number of aromatic nitrogens is 1. The van der Waals surface area contributed by atoms with E-state index >= 15 is 0 Å². The largest absolute Gasteiger partial charge is 0.507 e. The first kappa shape index (κ1) is 23.3. The topological polar surface area (TPSA) is 106 Å². The summed E-state index contributed by atoms with van der Waals surface area (Å²) in [7, 11) is 0. The van der Waals surface area contributed by atoms with E-state index < -0.39 is 23.7 Å². The molecule has 1 saturated heterocycles. The highest BCUT2D eigenvalue weighted by atomic mass is 16.5. The second kappa shape index (κ2) is 9.65. The molecule has 8 heteroatoms. The second-order valence-electron chi connectivity index (χ2n) is 8.56. The van der Waals surface area contributed by atoms with Gasteiger partial charge in [0.15, 0.2) is 0 Å². The maximum Gasteiger partial charge on any atom is 0.338 e. The summed E-state index contributed by atoms with van der Waals surface area (Å²) in [5.41, 5.74) is 2.42. The van der Waals surface area contributed by atoms with Crippen molar-refractivity contribution < 1.29 is 29.0 Å². The van der Waals surface area contributed by atoms with Crippen LogP contribution in [0.15, 0.2) is 72.6 Å². The van der Waals surface area contributed by atoms with Crippen LogP contribution < -0.4 is 9.64 Å². The van der Waals surface area contributed by atoms with Crippen LogP contribution in [-0.4, -0.2) is 41.0 Å². The molecule has 1 fully saturated rings. The number of nitrogens with zero attached hydrogens (tertiary/aromatic N) is 2. The van der Waals surface area contributed by atoms with Crippen LogP contribution in [0, 0.1) is 0 Å². The van der Waals surface area contributed by atoms with Gasteiger partial charge in [0.05, 0.1) is 30.4 Å². The van der Waals surface area contributed by atoms with Crippen molar-refractivity contribution in [3.05, 3.63) is 94.8 Å². The van der Waals surface area contributed by atoms with Gasteiger partial charge in [0.2, 0.25) is 0 Å². The summed E-state index contributed by atoms with van der Waals surface area (Å²) in [5.74, 6) is -1.69. The van der Waals surface area contributed by atoms with Crippen molar-refractivity contribution in [1.82, 2.24) is 4.98 Å². The van der Waals surface area contributed by atoms with Crippen molar-refractivity contribution in [1.29, 1.82) is 0 Å². The van der Waals surface area contributed by atoms with Gasteiger partial charge in [-0.3, -0.25) is 19.5 Å². The molecule has 1 amide bonds. The summed E-state index contributed by atoms with van der Waals surface area (Å²) in [6, 6.07) is 14.0. The van der Waals surface area contributed by atoms with Gasteiger partial charge in [-0.25, -0.2) is 4.79 Å². The Morgan fingerprint density at radius 3 is 2.78 bits per heavy atom. The Hall–Kier alpha value is -4.46. The predicted molar refractivity (Wildman–Crippen MR) is 132 cm³/mol. The average molecular weight is 485 g/mol. The van der Waals surface area contributed by atoms with Crippen LogP contribution in [-0.2, 0) is 20.7 Å². The fourth-order valence-corrected chi connectivity index (χ4v) is 4.50. The molecule has 182 valence electrons. The third kappa shape index (κ3) is 4.11. The second-order valence-corrected chi connectivity index (χ2v) is 8.56. The molecule has 3 aromatic rings. The first-order valence-corrected chi connectivity index (χ1v) is 11.7. The van der Waals surface area contributed by atoms with Crippen LogP contribution in [0.5, 0.6) is 5.75 Å². The zero-order valence-corrected chi connectivity index (χ0v) is 19.6. The fraction of sp³-hybridized carbons (Fsp3) is 0.214. The van der Waals surface area contributed by atoms with Crippen LogP contribution >= 0.6 is 0 Å². The summed E-state index contributed by atoms with van der Waals surface area (Å²) >= 11 is 0. The maximum atomic E-state index is 13.4. The number of Topliss-reactive ketones (excluding diaryl/α,β-unsaturated/α-hetero) is 1. The normalized spacial score (nSPS) is 18.1. The minimum absolute atomic E-state index is 0.0502. The van der Waals surface area contributed by atoms with Gasteiger partial charge >= 0.3 is 5.97 Å². The quantitative estimate of drug-likeness (QED) is 0.242. The Kier molecular flexibility index (Phi) is 6.25. The molecule has 0 spiro atoms. The summed E-state index contributed by atoms with van der Waals surface area (Å²) in [6.07, 6.45) is 4.50. The zero-order chi connectivity index (χ0) is 25.2. The van der Waals surface area contributed by atoms with Gasteiger partial charge in [-0.1, -0.05) is 19.1 Å². The lowest BCUT2D eigenvalue weighted by molar-refractivity contribution is -0.132. The summed E-state index contributed by atoms with van der Waals surface area (Å²) in [5, 5.41) is 11.3. The molecular weight excluding hydrogens is 460 g/mol. The number of aliphatic hydroxyl groups is 1.